The molecule has 0 saturated heterocycles. The van der Waals surface area contributed by atoms with Gasteiger partial charge in [-0.1, -0.05) is 6.07 Å². The molecular weight excluding hydrogens is 255 g/mol. The Balaban J connectivity index is 2.58. The van der Waals surface area contributed by atoms with Gasteiger partial charge in [0.15, 0.2) is 0 Å². The van der Waals surface area contributed by atoms with Crippen LogP contribution in [-0.4, -0.2) is 9.97 Å². The molecular formula is C13H8F3N3. The number of pyridine rings is 2. The van der Waals surface area contributed by atoms with Crippen LogP contribution in [0.3, 0.4) is 0 Å². The summed E-state index contributed by atoms with van der Waals surface area (Å²) in [7, 11) is 0. The van der Waals surface area contributed by atoms with E-state index in [-0.39, 0.29) is 12.1 Å². The highest BCUT2D eigenvalue weighted by Crippen LogP contribution is 2.31. The van der Waals surface area contributed by atoms with Crippen molar-refractivity contribution >= 4 is 0 Å². The van der Waals surface area contributed by atoms with Crippen LogP contribution in [0.1, 0.15) is 11.3 Å². The van der Waals surface area contributed by atoms with Crippen LogP contribution in [0.25, 0.3) is 11.3 Å². The van der Waals surface area contributed by atoms with Crippen LogP contribution in [0.4, 0.5) is 13.2 Å². The Morgan fingerprint density at radius 1 is 1.11 bits per heavy atom. The number of hydrogen-bond acceptors (Lipinski definition) is 3. The second kappa shape index (κ2) is 5.06. The summed E-state index contributed by atoms with van der Waals surface area (Å²) in [5.74, 6) is 0. The van der Waals surface area contributed by atoms with Gasteiger partial charge in [0.05, 0.1) is 18.2 Å². The van der Waals surface area contributed by atoms with Crippen molar-refractivity contribution in [2.24, 2.45) is 0 Å². The number of rotatable bonds is 2. The quantitative estimate of drug-likeness (QED) is 0.835. The molecule has 0 saturated carbocycles. The first kappa shape index (κ1) is 13.0. The van der Waals surface area contributed by atoms with E-state index >= 15 is 0 Å². The average molecular weight is 263 g/mol. The topological polar surface area (TPSA) is 49.6 Å². The molecule has 0 spiro atoms. The number of nitriles is 1. The molecule has 2 heterocycles. The predicted octanol–water partition coefficient (Wildman–Crippen LogP) is 3.23. The minimum absolute atomic E-state index is 0.00277. The third-order valence-electron chi connectivity index (χ3n) is 2.49. The highest BCUT2D eigenvalue weighted by molar-refractivity contribution is 5.63. The van der Waals surface area contributed by atoms with Gasteiger partial charge in [0.25, 0.3) is 0 Å². The highest BCUT2D eigenvalue weighted by atomic mass is 19.4. The summed E-state index contributed by atoms with van der Waals surface area (Å²) >= 11 is 0. The Labute approximate surface area is 107 Å². The smallest absolute Gasteiger partial charge is 0.265 e. The zero-order valence-corrected chi connectivity index (χ0v) is 9.65. The average Bonchev–Trinajstić information content (AvgIpc) is 2.39. The number of hydrogen-bond donors (Lipinski definition) is 0. The standard InChI is InChI=1S/C13H8F3N3/c14-13(15,16)11-2-1-9(3-6-17)12(19-11)10-4-7-18-8-5-10/h1-2,4-5,7-8H,3H2. The Bertz CT molecular complexity index is 615. The molecule has 0 aliphatic carbocycles. The van der Waals surface area contributed by atoms with Gasteiger partial charge in [-0.15, -0.1) is 0 Å². The van der Waals surface area contributed by atoms with Gasteiger partial charge in [0.2, 0.25) is 0 Å². The number of halogens is 3. The maximum Gasteiger partial charge on any atom is 0.433 e. The number of alkyl halides is 3. The Hall–Kier alpha value is -2.42. The van der Waals surface area contributed by atoms with E-state index in [1.165, 1.54) is 18.5 Å². The molecule has 0 amide bonds. The van der Waals surface area contributed by atoms with E-state index < -0.39 is 11.9 Å². The molecule has 0 aromatic carbocycles. The van der Waals surface area contributed by atoms with Gasteiger partial charge in [-0.25, -0.2) is 4.98 Å². The van der Waals surface area contributed by atoms with Gasteiger partial charge in [-0.2, -0.15) is 18.4 Å². The summed E-state index contributed by atoms with van der Waals surface area (Å²) in [6, 6.07) is 7.21. The van der Waals surface area contributed by atoms with Crippen LogP contribution >= 0.6 is 0 Å². The summed E-state index contributed by atoms with van der Waals surface area (Å²) in [5, 5.41) is 8.71. The lowest BCUT2D eigenvalue weighted by Crippen LogP contribution is -2.09. The minimum atomic E-state index is -4.51. The van der Waals surface area contributed by atoms with Crippen molar-refractivity contribution in [2.45, 2.75) is 12.6 Å². The van der Waals surface area contributed by atoms with Crippen LogP contribution in [0.15, 0.2) is 36.7 Å². The van der Waals surface area contributed by atoms with E-state index in [1.807, 2.05) is 6.07 Å². The summed E-state index contributed by atoms with van der Waals surface area (Å²) < 4.78 is 38.0. The maximum atomic E-state index is 12.7. The molecule has 0 aliphatic rings. The first-order valence-corrected chi connectivity index (χ1v) is 5.37. The highest BCUT2D eigenvalue weighted by Gasteiger charge is 2.33. The van der Waals surface area contributed by atoms with E-state index in [2.05, 4.69) is 9.97 Å². The molecule has 0 fully saturated rings. The lowest BCUT2D eigenvalue weighted by molar-refractivity contribution is -0.141. The molecule has 6 heteroatoms. The van der Waals surface area contributed by atoms with Gasteiger partial charge in [0.1, 0.15) is 5.69 Å². The minimum Gasteiger partial charge on any atom is -0.265 e. The number of nitrogens with zero attached hydrogens (tertiary/aromatic N) is 3. The van der Waals surface area contributed by atoms with Crippen LogP contribution in [0, 0.1) is 11.3 Å². The number of aromatic nitrogens is 2. The van der Waals surface area contributed by atoms with Gasteiger partial charge in [0, 0.05) is 18.0 Å². The monoisotopic (exact) mass is 263 g/mol. The Kier molecular flexibility index (Phi) is 3.47. The van der Waals surface area contributed by atoms with E-state index in [1.54, 1.807) is 12.1 Å². The van der Waals surface area contributed by atoms with Crippen molar-refractivity contribution in [3.05, 3.63) is 47.9 Å². The molecule has 2 aromatic rings. The van der Waals surface area contributed by atoms with E-state index in [0.717, 1.165) is 6.07 Å². The Morgan fingerprint density at radius 2 is 1.79 bits per heavy atom. The van der Waals surface area contributed by atoms with Gasteiger partial charge >= 0.3 is 6.18 Å². The molecule has 0 radical (unpaired) electrons. The third kappa shape index (κ3) is 2.88. The van der Waals surface area contributed by atoms with E-state index in [9.17, 15) is 13.2 Å². The Morgan fingerprint density at radius 3 is 2.37 bits per heavy atom. The second-order valence-electron chi connectivity index (χ2n) is 3.77. The molecule has 0 aliphatic heterocycles. The lowest BCUT2D eigenvalue weighted by Gasteiger charge is -2.11. The van der Waals surface area contributed by atoms with Crippen molar-refractivity contribution in [1.29, 1.82) is 5.26 Å². The fraction of sp³-hybridized carbons (Fsp3) is 0.154. The first-order valence-electron chi connectivity index (χ1n) is 5.37. The molecule has 19 heavy (non-hydrogen) atoms. The fourth-order valence-corrected chi connectivity index (χ4v) is 1.63. The van der Waals surface area contributed by atoms with Crippen LogP contribution in [0.2, 0.25) is 0 Å². The van der Waals surface area contributed by atoms with Crippen molar-refractivity contribution in [3.8, 4) is 17.3 Å². The zero-order chi connectivity index (χ0) is 13.9. The zero-order valence-electron chi connectivity index (χ0n) is 9.65. The molecule has 0 unspecified atom stereocenters. The van der Waals surface area contributed by atoms with Crippen molar-refractivity contribution in [2.75, 3.05) is 0 Å². The maximum absolute atomic E-state index is 12.7. The third-order valence-corrected chi connectivity index (χ3v) is 2.49. The van der Waals surface area contributed by atoms with Gasteiger partial charge in [-0.05, 0) is 23.8 Å². The molecule has 2 rings (SSSR count). The summed E-state index contributed by atoms with van der Waals surface area (Å²) in [6.07, 6.45) is -1.57. The SMILES string of the molecule is N#CCc1ccc(C(F)(F)F)nc1-c1ccncc1. The van der Waals surface area contributed by atoms with Crippen LogP contribution < -0.4 is 0 Å². The van der Waals surface area contributed by atoms with Gasteiger partial charge in [-0.3, -0.25) is 4.98 Å². The normalized spacial score (nSPS) is 11.1. The molecule has 0 bridgehead atoms. The summed E-state index contributed by atoms with van der Waals surface area (Å²) in [6.45, 7) is 0. The molecule has 0 atom stereocenters. The van der Waals surface area contributed by atoms with Crippen LogP contribution in [-0.2, 0) is 12.6 Å². The fourth-order valence-electron chi connectivity index (χ4n) is 1.63. The molecule has 0 N–H and O–H groups in total. The van der Waals surface area contributed by atoms with Crippen molar-refractivity contribution in [3.63, 3.8) is 0 Å². The van der Waals surface area contributed by atoms with E-state index in [4.69, 9.17) is 5.26 Å². The van der Waals surface area contributed by atoms with Gasteiger partial charge < -0.3 is 0 Å². The predicted molar refractivity (Wildman–Crippen MR) is 61.8 cm³/mol. The summed E-state index contributed by atoms with van der Waals surface area (Å²) in [4.78, 5) is 7.43. The molecule has 3 nitrogen and oxygen atoms in total. The molecule has 2 aromatic heterocycles. The largest absolute Gasteiger partial charge is 0.433 e. The van der Waals surface area contributed by atoms with Crippen LogP contribution in [0.5, 0.6) is 0 Å². The van der Waals surface area contributed by atoms with E-state index in [0.29, 0.717) is 11.1 Å². The first-order chi connectivity index (χ1) is 9.02. The second-order valence-corrected chi connectivity index (χ2v) is 3.77. The molecule has 96 valence electrons. The summed E-state index contributed by atoms with van der Waals surface area (Å²) in [5.41, 5.74) is 0.160. The van der Waals surface area contributed by atoms with Crippen molar-refractivity contribution < 1.29 is 13.2 Å². The van der Waals surface area contributed by atoms with Crippen molar-refractivity contribution in [1.82, 2.24) is 9.97 Å². The lowest BCUT2D eigenvalue weighted by atomic mass is 10.0.